The van der Waals surface area contributed by atoms with Crippen LogP contribution in [0.5, 0.6) is 0 Å². The highest BCUT2D eigenvalue weighted by Gasteiger charge is 2.43. The Labute approximate surface area is 127 Å². The summed E-state index contributed by atoms with van der Waals surface area (Å²) >= 11 is 6.34. The van der Waals surface area contributed by atoms with Crippen LogP contribution in [-0.4, -0.2) is 30.0 Å². The number of rotatable bonds is 2. The minimum absolute atomic E-state index is 0.189. The zero-order valence-electron chi connectivity index (χ0n) is 11.6. The van der Waals surface area contributed by atoms with Gasteiger partial charge in [-0.15, -0.1) is 0 Å². The molecule has 5 heteroatoms. The lowest BCUT2D eigenvalue weighted by atomic mass is 9.96. The minimum atomic E-state index is -0.189. The largest absolute Gasteiger partial charge is 0.366 e. The second-order valence-electron chi connectivity index (χ2n) is 5.75. The van der Waals surface area contributed by atoms with Gasteiger partial charge < -0.3 is 10.1 Å². The van der Waals surface area contributed by atoms with Crippen molar-refractivity contribution in [3.8, 4) is 0 Å². The number of hydrogen-bond donors (Lipinski definition) is 1. The van der Waals surface area contributed by atoms with E-state index in [-0.39, 0.29) is 18.2 Å². The number of morpholine rings is 1. The molecule has 3 unspecified atom stereocenters. The number of hydrogen-bond acceptors (Lipinski definition) is 4. The van der Waals surface area contributed by atoms with E-state index in [1.165, 1.54) is 0 Å². The maximum absolute atomic E-state index is 11.7. The molecule has 21 heavy (non-hydrogen) atoms. The molecule has 0 radical (unpaired) electrons. The van der Waals surface area contributed by atoms with Crippen LogP contribution in [-0.2, 0) is 4.74 Å². The van der Waals surface area contributed by atoms with Crippen LogP contribution in [0.25, 0.3) is 10.8 Å². The Bertz CT molecular complexity index is 747. The highest BCUT2D eigenvalue weighted by atomic mass is 35.5. The second kappa shape index (κ2) is 4.77. The lowest BCUT2D eigenvalue weighted by molar-refractivity contribution is 0.0134. The average Bonchev–Trinajstić information content (AvgIpc) is 3.10. The van der Waals surface area contributed by atoms with Crippen molar-refractivity contribution in [3.05, 3.63) is 40.2 Å². The van der Waals surface area contributed by atoms with Gasteiger partial charge in [-0.1, -0.05) is 29.8 Å². The molecular weight excluding hydrogens is 288 g/mol. The van der Waals surface area contributed by atoms with Gasteiger partial charge in [-0.25, -0.2) is 4.98 Å². The number of aromatic nitrogens is 1. The van der Waals surface area contributed by atoms with Crippen LogP contribution in [0, 0.1) is 6.92 Å². The normalized spacial score (nSPS) is 27.4. The number of nitrogens with one attached hydrogen (secondary N) is 1. The van der Waals surface area contributed by atoms with Crippen molar-refractivity contribution >= 4 is 28.7 Å². The van der Waals surface area contributed by atoms with Crippen LogP contribution in [0.1, 0.15) is 34.1 Å². The average molecular weight is 303 g/mol. The predicted octanol–water partition coefficient (Wildman–Crippen LogP) is 2.81. The number of aldehydes is 1. The second-order valence-corrected chi connectivity index (χ2v) is 6.10. The third-order valence-corrected chi connectivity index (χ3v) is 4.76. The van der Waals surface area contributed by atoms with E-state index in [9.17, 15) is 4.79 Å². The number of fused-ring (bicyclic) bond motifs is 3. The Hall–Kier alpha value is -1.49. The minimum Gasteiger partial charge on any atom is -0.366 e. The fourth-order valence-corrected chi connectivity index (χ4v) is 3.76. The molecule has 4 rings (SSSR count). The zero-order valence-corrected chi connectivity index (χ0v) is 12.4. The van der Waals surface area contributed by atoms with E-state index >= 15 is 0 Å². The Morgan fingerprint density at radius 3 is 3.00 bits per heavy atom. The zero-order chi connectivity index (χ0) is 14.6. The number of ether oxygens (including phenoxy) is 1. The lowest BCUT2D eigenvalue weighted by Crippen LogP contribution is -2.35. The molecule has 108 valence electrons. The number of aryl methyl sites for hydroxylation is 1. The number of pyridine rings is 1. The van der Waals surface area contributed by atoms with Crippen LogP contribution in [0.15, 0.2) is 18.2 Å². The van der Waals surface area contributed by atoms with E-state index < -0.39 is 0 Å². The first-order valence-electron chi connectivity index (χ1n) is 7.11. The number of benzene rings is 1. The van der Waals surface area contributed by atoms with Crippen LogP contribution < -0.4 is 5.32 Å². The summed E-state index contributed by atoms with van der Waals surface area (Å²) in [5.41, 5.74) is 2.29. The molecule has 2 saturated heterocycles. The molecule has 1 N–H and O–H groups in total. The van der Waals surface area contributed by atoms with Crippen molar-refractivity contribution in [2.24, 2.45) is 0 Å². The topological polar surface area (TPSA) is 51.2 Å². The Morgan fingerprint density at radius 2 is 2.33 bits per heavy atom. The molecule has 1 aromatic carbocycles. The van der Waals surface area contributed by atoms with Crippen molar-refractivity contribution in [3.63, 3.8) is 0 Å². The van der Waals surface area contributed by atoms with E-state index in [0.717, 1.165) is 35.6 Å². The summed E-state index contributed by atoms with van der Waals surface area (Å²) in [5.74, 6) is 0. The highest BCUT2D eigenvalue weighted by Crippen LogP contribution is 2.40. The molecule has 3 heterocycles. The van der Waals surface area contributed by atoms with Gasteiger partial charge in [0.25, 0.3) is 0 Å². The summed E-state index contributed by atoms with van der Waals surface area (Å²) in [7, 11) is 0. The van der Waals surface area contributed by atoms with Gasteiger partial charge in [0.15, 0.2) is 6.29 Å². The quantitative estimate of drug-likeness (QED) is 0.684. The molecule has 0 aliphatic carbocycles. The van der Waals surface area contributed by atoms with Crippen LogP contribution in [0.3, 0.4) is 0 Å². The monoisotopic (exact) mass is 302 g/mol. The lowest BCUT2D eigenvalue weighted by Gasteiger charge is -2.25. The first-order valence-corrected chi connectivity index (χ1v) is 7.49. The van der Waals surface area contributed by atoms with Gasteiger partial charge in [0.05, 0.1) is 11.8 Å². The molecule has 0 saturated carbocycles. The number of nitrogens with zero attached hydrogens (tertiary/aromatic N) is 1. The van der Waals surface area contributed by atoms with E-state index in [0.29, 0.717) is 16.4 Å². The summed E-state index contributed by atoms with van der Waals surface area (Å²) in [6.07, 6.45) is 1.87. The van der Waals surface area contributed by atoms with E-state index in [1.54, 1.807) is 0 Å². The Morgan fingerprint density at radius 1 is 1.48 bits per heavy atom. The molecule has 2 bridgehead atoms. The Kier molecular flexibility index (Phi) is 2.99. The van der Waals surface area contributed by atoms with Gasteiger partial charge in [0.2, 0.25) is 0 Å². The van der Waals surface area contributed by atoms with Crippen molar-refractivity contribution in [2.45, 2.75) is 31.6 Å². The SMILES string of the molecule is Cc1cccc2c(Cl)nc(C3OC4CNC3C4)c(C=O)c12. The summed E-state index contributed by atoms with van der Waals surface area (Å²) in [6, 6.07) is 6.03. The smallest absolute Gasteiger partial charge is 0.152 e. The summed E-state index contributed by atoms with van der Waals surface area (Å²) in [6.45, 7) is 2.85. The highest BCUT2D eigenvalue weighted by molar-refractivity contribution is 6.34. The van der Waals surface area contributed by atoms with Gasteiger partial charge in [-0.05, 0) is 18.9 Å². The predicted molar refractivity (Wildman–Crippen MR) is 80.9 cm³/mol. The molecule has 4 nitrogen and oxygen atoms in total. The molecule has 2 aliphatic rings. The molecule has 0 amide bonds. The Balaban J connectivity index is 1.97. The molecular formula is C16H15ClN2O2. The number of carbonyl (C=O) groups excluding carboxylic acids is 1. The summed E-state index contributed by atoms with van der Waals surface area (Å²) in [4.78, 5) is 16.2. The van der Waals surface area contributed by atoms with Gasteiger partial charge >= 0.3 is 0 Å². The maximum Gasteiger partial charge on any atom is 0.152 e. The maximum atomic E-state index is 11.7. The van der Waals surface area contributed by atoms with Crippen molar-refractivity contribution in [2.75, 3.05) is 6.54 Å². The van der Waals surface area contributed by atoms with Crippen LogP contribution >= 0.6 is 11.6 Å². The molecule has 2 aliphatic heterocycles. The third kappa shape index (κ3) is 1.90. The van der Waals surface area contributed by atoms with Gasteiger partial charge in [-0.2, -0.15) is 0 Å². The first-order chi connectivity index (χ1) is 10.2. The van der Waals surface area contributed by atoms with E-state index in [4.69, 9.17) is 16.3 Å². The first kappa shape index (κ1) is 13.2. The summed E-state index contributed by atoms with van der Waals surface area (Å²) < 4.78 is 5.99. The van der Waals surface area contributed by atoms with Crippen LogP contribution in [0.4, 0.5) is 0 Å². The summed E-state index contributed by atoms with van der Waals surface area (Å²) in [5, 5.41) is 5.55. The van der Waals surface area contributed by atoms with Crippen molar-refractivity contribution in [1.82, 2.24) is 10.3 Å². The number of halogens is 1. The van der Waals surface area contributed by atoms with Crippen molar-refractivity contribution in [1.29, 1.82) is 0 Å². The molecule has 3 atom stereocenters. The molecule has 0 spiro atoms. The fraction of sp³-hybridized carbons (Fsp3) is 0.375. The molecule has 2 fully saturated rings. The third-order valence-electron chi connectivity index (χ3n) is 4.48. The number of carbonyl (C=O) groups is 1. The van der Waals surface area contributed by atoms with Gasteiger partial charge in [-0.3, -0.25) is 4.79 Å². The van der Waals surface area contributed by atoms with E-state index in [1.807, 2.05) is 25.1 Å². The van der Waals surface area contributed by atoms with Gasteiger partial charge in [0.1, 0.15) is 11.3 Å². The van der Waals surface area contributed by atoms with Gasteiger partial charge in [0, 0.05) is 28.9 Å². The standard InChI is InChI=1S/C16H15ClN2O2/c1-8-3-2-4-10-13(8)11(7-20)14(19-16(10)17)15-12-5-9(21-15)6-18-12/h2-4,7,9,12,15,18H,5-6H2,1H3. The fourth-order valence-electron chi connectivity index (χ4n) is 3.51. The van der Waals surface area contributed by atoms with Crippen molar-refractivity contribution < 1.29 is 9.53 Å². The van der Waals surface area contributed by atoms with E-state index in [2.05, 4.69) is 10.3 Å². The molecule has 2 aromatic rings. The molecule has 1 aromatic heterocycles. The van der Waals surface area contributed by atoms with Crippen LogP contribution in [0.2, 0.25) is 5.15 Å².